The van der Waals surface area contributed by atoms with Gasteiger partial charge in [0.1, 0.15) is 0 Å². The summed E-state index contributed by atoms with van der Waals surface area (Å²) < 4.78 is 5.54. The summed E-state index contributed by atoms with van der Waals surface area (Å²) in [5, 5.41) is 4.33. The van der Waals surface area contributed by atoms with E-state index in [1.165, 1.54) is 0 Å². The van der Waals surface area contributed by atoms with E-state index in [-0.39, 0.29) is 30.6 Å². The number of carbonyl (C=O) groups excluding carboxylic acids is 2. The Balaban J connectivity index is 1.82. The molecule has 2 heterocycles. The summed E-state index contributed by atoms with van der Waals surface area (Å²) in [7, 11) is 0. The number of ether oxygens (including phenoxy) is 1. The lowest BCUT2D eigenvalue weighted by atomic mass is 9.95. The highest BCUT2D eigenvalue weighted by atomic mass is 16.6. The number of hydrogen-bond donors (Lipinski definition) is 0. The monoisotopic (exact) mass is 466 g/mol. The van der Waals surface area contributed by atoms with Crippen LogP contribution >= 0.6 is 0 Å². The number of carbonyl (C=O) groups is 2. The first-order valence-electron chi connectivity index (χ1n) is 12.5. The van der Waals surface area contributed by atoms with Crippen LogP contribution in [0.4, 0.5) is 0 Å². The van der Waals surface area contributed by atoms with E-state index < -0.39 is 0 Å². The van der Waals surface area contributed by atoms with Crippen LogP contribution in [0.5, 0.6) is 0 Å². The molecule has 0 N–H and O–H groups in total. The average Bonchev–Trinajstić information content (AvgIpc) is 2.76. The smallest absolute Gasteiger partial charge is 0.338 e. The lowest BCUT2D eigenvalue weighted by Crippen LogP contribution is -2.48. The number of cyclic esters (lactones) is 1. The molecule has 2 aliphatic rings. The van der Waals surface area contributed by atoms with Crippen LogP contribution in [0.1, 0.15) is 79.4 Å². The van der Waals surface area contributed by atoms with E-state index >= 15 is 0 Å². The highest BCUT2D eigenvalue weighted by Crippen LogP contribution is 2.23. The molecule has 1 aromatic carbocycles. The minimum absolute atomic E-state index is 0.0327. The molecule has 1 saturated heterocycles. The van der Waals surface area contributed by atoms with E-state index in [9.17, 15) is 9.59 Å². The van der Waals surface area contributed by atoms with Crippen molar-refractivity contribution in [2.24, 2.45) is 5.16 Å². The molecule has 0 saturated carbocycles. The maximum Gasteiger partial charge on any atom is 0.338 e. The first-order chi connectivity index (χ1) is 16.4. The van der Waals surface area contributed by atoms with Gasteiger partial charge >= 0.3 is 5.97 Å². The summed E-state index contributed by atoms with van der Waals surface area (Å²) in [6, 6.07) is 4.43. The topological polar surface area (TPSA) is 68.2 Å². The van der Waals surface area contributed by atoms with Crippen LogP contribution < -0.4 is 0 Å². The third-order valence-corrected chi connectivity index (χ3v) is 6.48. The molecule has 6 heteroatoms. The third kappa shape index (κ3) is 7.05. The van der Waals surface area contributed by atoms with Crippen molar-refractivity contribution in [1.82, 2.24) is 4.90 Å². The number of benzene rings is 1. The number of fused-ring (bicyclic) bond motifs is 1. The van der Waals surface area contributed by atoms with Gasteiger partial charge in [-0.3, -0.25) is 4.79 Å². The van der Waals surface area contributed by atoms with Gasteiger partial charge in [0.05, 0.1) is 17.9 Å². The lowest BCUT2D eigenvalue weighted by Gasteiger charge is -2.38. The Bertz CT molecular complexity index is 953. The van der Waals surface area contributed by atoms with Crippen molar-refractivity contribution in [2.75, 3.05) is 13.2 Å². The Hall–Kier alpha value is -2.89. The van der Waals surface area contributed by atoms with Crippen molar-refractivity contribution in [2.45, 2.75) is 84.7 Å². The molecule has 3 rings (SSSR count). The Morgan fingerprint density at radius 1 is 1.09 bits per heavy atom. The third-order valence-electron chi connectivity index (χ3n) is 6.48. The second-order valence-electron chi connectivity index (χ2n) is 9.45. The van der Waals surface area contributed by atoms with Gasteiger partial charge in [-0.15, -0.1) is 0 Å². The zero-order valence-corrected chi connectivity index (χ0v) is 21.0. The number of esters is 1. The van der Waals surface area contributed by atoms with Gasteiger partial charge in [-0.2, -0.15) is 0 Å². The molecule has 34 heavy (non-hydrogen) atoms. The number of allylic oxidation sites excluding steroid dienone is 3. The molecule has 0 radical (unpaired) electrons. The molecule has 1 aromatic rings. The molecular formula is C28H38N2O4. The summed E-state index contributed by atoms with van der Waals surface area (Å²) in [5.74, 6) is -0.347. The second-order valence-corrected chi connectivity index (χ2v) is 9.45. The minimum Gasteiger partial charge on any atom is -0.462 e. The van der Waals surface area contributed by atoms with E-state index in [0.717, 1.165) is 48.8 Å². The Morgan fingerprint density at radius 3 is 2.56 bits per heavy atom. The van der Waals surface area contributed by atoms with Gasteiger partial charge in [0.25, 0.3) is 5.91 Å². The molecule has 0 aliphatic carbocycles. The van der Waals surface area contributed by atoms with Crippen molar-refractivity contribution in [3.8, 4) is 0 Å². The van der Waals surface area contributed by atoms with Gasteiger partial charge in [0, 0.05) is 18.5 Å². The zero-order chi connectivity index (χ0) is 24.5. The highest BCUT2D eigenvalue weighted by Gasteiger charge is 2.29. The van der Waals surface area contributed by atoms with E-state index in [2.05, 4.69) is 31.2 Å². The van der Waals surface area contributed by atoms with Gasteiger partial charge in [0.2, 0.25) is 0 Å². The highest BCUT2D eigenvalue weighted by molar-refractivity contribution is 6.00. The lowest BCUT2D eigenvalue weighted by molar-refractivity contribution is -0.142. The van der Waals surface area contributed by atoms with Crippen LogP contribution in [0.25, 0.3) is 0 Å². The van der Waals surface area contributed by atoms with Crippen molar-refractivity contribution in [3.05, 3.63) is 58.7 Å². The molecule has 1 fully saturated rings. The first kappa shape index (κ1) is 25.7. The maximum absolute atomic E-state index is 12.9. The molecule has 1 amide bonds. The molecule has 184 valence electrons. The van der Waals surface area contributed by atoms with Crippen molar-refractivity contribution in [3.63, 3.8) is 0 Å². The molecule has 0 bridgehead atoms. The van der Waals surface area contributed by atoms with Crippen molar-refractivity contribution in [1.29, 1.82) is 0 Å². The predicted octanol–water partition coefficient (Wildman–Crippen LogP) is 5.46. The predicted molar refractivity (Wildman–Crippen MR) is 135 cm³/mol. The number of rotatable bonds is 3. The zero-order valence-electron chi connectivity index (χ0n) is 21.0. The quantitative estimate of drug-likeness (QED) is 0.337. The van der Waals surface area contributed by atoms with Gasteiger partial charge in [-0.25, -0.2) is 4.79 Å². The molecule has 2 aliphatic heterocycles. The first-order valence-corrected chi connectivity index (χ1v) is 12.5. The van der Waals surface area contributed by atoms with E-state index in [0.29, 0.717) is 30.7 Å². The summed E-state index contributed by atoms with van der Waals surface area (Å²) in [6.07, 6.45) is 14.2. The van der Waals surface area contributed by atoms with Crippen molar-refractivity contribution >= 4 is 17.6 Å². The Morgan fingerprint density at radius 2 is 1.79 bits per heavy atom. The van der Waals surface area contributed by atoms with Crippen LogP contribution in [0.3, 0.4) is 0 Å². The van der Waals surface area contributed by atoms with Crippen LogP contribution in [0.2, 0.25) is 0 Å². The summed E-state index contributed by atoms with van der Waals surface area (Å²) in [6.45, 7) is 8.40. The van der Waals surface area contributed by atoms with E-state index in [1.54, 1.807) is 0 Å². The number of oxime groups is 1. The van der Waals surface area contributed by atoms with E-state index in [1.807, 2.05) is 43.0 Å². The average molecular weight is 467 g/mol. The molecule has 2 unspecified atom stereocenters. The molecular weight excluding hydrogens is 428 g/mol. The molecule has 6 nitrogen and oxygen atoms in total. The fraction of sp³-hybridized carbons (Fsp3) is 0.536. The van der Waals surface area contributed by atoms with Gasteiger partial charge in [-0.1, -0.05) is 41.1 Å². The van der Waals surface area contributed by atoms with E-state index in [4.69, 9.17) is 9.57 Å². The summed E-state index contributed by atoms with van der Waals surface area (Å²) >= 11 is 0. The number of nitrogens with zero attached hydrogens (tertiary/aromatic N) is 2. The largest absolute Gasteiger partial charge is 0.462 e. The van der Waals surface area contributed by atoms with Crippen LogP contribution in [-0.2, 0) is 20.8 Å². The maximum atomic E-state index is 12.9. The molecule has 0 aromatic heterocycles. The number of amides is 1. The fourth-order valence-electron chi connectivity index (χ4n) is 4.90. The number of likely N-dealkylation sites (tertiary alicyclic amines) is 1. The molecule has 0 spiro atoms. The molecule has 2 atom stereocenters. The van der Waals surface area contributed by atoms with Crippen molar-refractivity contribution < 1.29 is 19.2 Å². The summed E-state index contributed by atoms with van der Waals surface area (Å²) in [4.78, 5) is 33.2. The Labute approximate surface area is 203 Å². The minimum atomic E-state index is -0.314. The Kier molecular flexibility index (Phi) is 9.49. The normalized spacial score (nSPS) is 25.1. The van der Waals surface area contributed by atoms with Gasteiger partial charge < -0.3 is 14.5 Å². The SMILES string of the molecule is Cc1cc(C)c2c(c1)CC(=N\OCC(=O)N1C(C)CCCC1C)/C=C/CC/C=C/CCOC2=O. The standard InChI is InChI=1S/C28H38N2O4/c1-20-16-21(2)27-24(17-20)18-25(14-9-7-5-6-8-10-15-33-28(27)32)29-34-19-26(31)30-22(3)12-11-13-23(30)4/h6,8-9,14,16-17,22-23H,5,7,10-13,15,18-19H2,1-4H3/b8-6+,14-9+,29-25-. The van der Waals surface area contributed by atoms with Gasteiger partial charge in [-0.05, 0) is 83.4 Å². The van der Waals surface area contributed by atoms with Crippen LogP contribution in [-0.4, -0.2) is 47.8 Å². The fourth-order valence-corrected chi connectivity index (χ4v) is 4.90. The number of aryl methyl sites for hydroxylation is 2. The van der Waals surface area contributed by atoms with Gasteiger partial charge in [0.15, 0.2) is 6.61 Å². The summed E-state index contributed by atoms with van der Waals surface area (Å²) in [5.41, 5.74) is 4.06. The van der Waals surface area contributed by atoms with Crippen LogP contribution in [0.15, 0.2) is 41.6 Å². The second kappa shape index (κ2) is 12.5. The van der Waals surface area contributed by atoms with Crippen LogP contribution in [0, 0.1) is 13.8 Å². The number of hydrogen-bond acceptors (Lipinski definition) is 5. The number of piperidine rings is 1.